The van der Waals surface area contributed by atoms with Gasteiger partial charge in [-0.15, -0.1) is 0 Å². The van der Waals surface area contributed by atoms with E-state index in [0.29, 0.717) is 37.4 Å². The molecule has 0 unspecified atom stereocenters. The Balaban J connectivity index is 1.35. The molecule has 0 spiro atoms. The Hall–Kier alpha value is -2.44. The molecule has 1 aromatic rings. The second-order valence-corrected chi connectivity index (χ2v) is 10.8. The molecule has 4 aliphatic rings. The Morgan fingerprint density at radius 1 is 1.09 bits per heavy atom. The smallest absolute Gasteiger partial charge is 0.270 e. The maximum Gasteiger partial charge on any atom is 0.270 e. The van der Waals surface area contributed by atoms with E-state index >= 15 is 0 Å². The Morgan fingerprint density at radius 2 is 1.91 bits per heavy atom. The van der Waals surface area contributed by atoms with Gasteiger partial charge in [-0.3, -0.25) is 19.2 Å². The number of ketones is 2. The van der Waals surface area contributed by atoms with Crippen LogP contribution in [0.25, 0.3) is 0 Å². The lowest BCUT2D eigenvalue weighted by atomic mass is 9.91. The lowest BCUT2D eigenvalue weighted by molar-refractivity contribution is -0.131. The minimum absolute atomic E-state index is 0.0380. The molecule has 2 heterocycles. The predicted octanol–water partition coefficient (Wildman–Crippen LogP) is 3.36. The van der Waals surface area contributed by atoms with Crippen LogP contribution in [0.5, 0.6) is 0 Å². The number of likely N-dealkylation sites (tertiary alicyclic amines) is 1. The van der Waals surface area contributed by atoms with E-state index in [1.165, 1.54) is 5.56 Å². The van der Waals surface area contributed by atoms with Gasteiger partial charge in [0.1, 0.15) is 17.5 Å². The van der Waals surface area contributed by atoms with Gasteiger partial charge in [0.05, 0.1) is 6.04 Å². The molecule has 7 heteroatoms. The molecule has 5 rings (SSSR count). The number of nitrogens with zero attached hydrogens (tertiary/aromatic N) is 1. The minimum atomic E-state index is -0.653. The fourth-order valence-electron chi connectivity index (χ4n) is 6.92. The molecule has 2 amide bonds. The molecule has 184 valence electrons. The molecule has 0 radical (unpaired) electrons. The zero-order chi connectivity index (χ0) is 23.8. The number of Topliss-reactive ketones (excluding diaryl/α,β-unsaturated/α-hetero) is 2. The summed E-state index contributed by atoms with van der Waals surface area (Å²) >= 11 is 0. The number of rotatable bonds is 7. The van der Waals surface area contributed by atoms with Crippen molar-refractivity contribution in [3.63, 3.8) is 0 Å². The number of carbonyl (C=O) groups is 4. The summed E-state index contributed by atoms with van der Waals surface area (Å²) in [6.07, 6.45) is 10.2. The van der Waals surface area contributed by atoms with Gasteiger partial charge in [-0.25, -0.2) is 0 Å². The van der Waals surface area contributed by atoms with E-state index in [2.05, 4.69) is 10.3 Å². The number of aromatic amines is 1. The van der Waals surface area contributed by atoms with Crippen LogP contribution in [-0.4, -0.2) is 51.9 Å². The van der Waals surface area contributed by atoms with Crippen LogP contribution < -0.4 is 5.32 Å². The predicted molar refractivity (Wildman–Crippen MR) is 127 cm³/mol. The highest BCUT2D eigenvalue weighted by molar-refractivity contribution is 5.98. The van der Waals surface area contributed by atoms with Crippen molar-refractivity contribution in [2.24, 2.45) is 17.8 Å². The minimum Gasteiger partial charge on any atom is -0.354 e. The molecule has 0 aromatic carbocycles. The highest BCUT2D eigenvalue weighted by Crippen LogP contribution is 2.43. The van der Waals surface area contributed by atoms with Gasteiger partial charge in [0, 0.05) is 31.0 Å². The summed E-state index contributed by atoms with van der Waals surface area (Å²) in [5, 5.41) is 3.01. The van der Waals surface area contributed by atoms with Crippen molar-refractivity contribution in [3.05, 3.63) is 23.0 Å². The average molecular weight is 468 g/mol. The van der Waals surface area contributed by atoms with Crippen molar-refractivity contribution in [1.82, 2.24) is 15.2 Å². The molecule has 1 saturated heterocycles. The summed E-state index contributed by atoms with van der Waals surface area (Å²) in [6, 6.07) is 0.779. The fourth-order valence-corrected chi connectivity index (χ4v) is 6.92. The fraction of sp³-hybridized carbons (Fsp3) is 0.704. The van der Waals surface area contributed by atoms with Crippen LogP contribution in [0.4, 0.5) is 0 Å². The van der Waals surface area contributed by atoms with Crippen molar-refractivity contribution in [1.29, 1.82) is 0 Å². The molecule has 0 bridgehead atoms. The van der Waals surface area contributed by atoms with Crippen molar-refractivity contribution >= 4 is 23.4 Å². The summed E-state index contributed by atoms with van der Waals surface area (Å²) < 4.78 is 0. The third kappa shape index (κ3) is 4.34. The molecule has 1 aromatic heterocycles. The Kier molecular flexibility index (Phi) is 6.63. The van der Waals surface area contributed by atoms with E-state index in [1.807, 2.05) is 6.07 Å². The van der Waals surface area contributed by atoms with Crippen LogP contribution in [-0.2, 0) is 27.2 Å². The normalized spacial score (nSPS) is 29.1. The van der Waals surface area contributed by atoms with Gasteiger partial charge in [-0.05, 0) is 81.3 Å². The number of aryl methyl sites for hydroxylation is 2. The first-order valence-electron chi connectivity index (χ1n) is 13.3. The first-order chi connectivity index (χ1) is 16.5. The average Bonchev–Trinajstić information content (AvgIpc) is 3.61. The molecule has 2 saturated carbocycles. The molecular weight excluding hydrogens is 430 g/mol. The quantitative estimate of drug-likeness (QED) is 0.642. The van der Waals surface area contributed by atoms with Crippen molar-refractivity contribution in [2.75, 3.05) is 6.54 Å². The maximum absolute atomic E-state index is 13.7. The second kappa shape index (κ2) is 9.67. The monoisotopic (exact) mass is 467 g/mol. The summed E-state index contributed by atoms with van der Waals surface area (Å²) in [7, 11) is 0. The molecule has 5 atom stereocenters. The highest BCUT2D eigenvalue weighted by Gasteiger charge is 2.50. The summed E-state index contributed by atoms with van der Waals surface area (Å²) in [4.78, 5) is 57.3. The van der Waals surface area contributed by atoms with E-state index in [4.69, 9.17) is 0 Å². The zero-order valence-electron chi connectivity index (χ0n) is 20.2. The summed E-state index contributed by atoms with van der Waals surface area (Å²) in [6.45, 7) is 2.39. The maximum atomic E-state index is 13.7. The van der Waals surface area contributed by atoms with Crippen molar-refractivity contribution < 1.29 is 19.2 Å². The molecule has 3 aliphatic carbocycles. The number of amides is 2. The van der Waals surface area contributed by atoms with E-state index in [1.54, 1.807) is 11.8 Å². The number of hydrogen-bond donors (Lipinski definition) is 2. The van der Waals surface area contributed by atoms with E-state index in [0.717, 1.165) is 63.5 Å². The summed E-state index contributed by atoms with van der Waals surface area (Å²) in [5.74, 6) is 0.160. The lowest BCUT2D eigenvalue weighted by Gasteiger charge is -2.29. The van der Waals surface area contributed by atoms with Crippen LogP contribution >= 0.6 is 0 Å². The van der Waals surface area contributed by atoms with Crippen LogP contribution in [0.2, 0.25) is 0 Å². The van der Waals surface area contributed by atoms with Gasteiger partial charge in [-0.1, -0.05) is 13.3 Å². The second-order valence-electron chi connectivity index (χ2n) is 10.8. The number of carbonyl (C=O) groups excluding carboxylic acids is 4. The standard InChI is InChI=1S/C27H37N3O4/c1-2-23(31)21(14-17-8-6-12-24(17)32)29-26(33)25-19-10-5-9-18(19)15-30(25)27(34)22-13-16-7-3-4-11-20(16)28-22/h13,17-19,21,25,28H,2-12,14-15H2,1H3,(H,29,33)/t17-,18-,19-,21-,25-/m0/s1. The molecule has 3 fully saturated rings. The van der Waals surface area contributed by atoms with E-state index in [-0.39, 0.29) is 35.2 Å². The Labute approximate surface area is 201 Å². The highest BCUT2D eigenvalue weighted by atomic mass is 16.2. The van der Waals surface area contributed by atoms with Gasteiger partial charge in [0.15, 0.2) is 5.78 Å². The van der Waals surface area contributed by atoms with E-state index < -0.39 is 12.1 Å². The lowest BCUT2D eigenvalue weighted by Crippen LogP contribution is -2.53. The first kappa shape index (κ1) is 23.3. The molecule has 34 heavy (non-hydrogen) atoms. The van der Waals surface area contributed by atoms with Crippen LogP contribution in [0.15, 0.2) is 6.07 Å². The van der Waals surface area contributed by atoms with Gasteiger partial charge in [0.2, 0.25) is 5.91 Å². The van der Waals surface area contributed by atoms with Crippen LogP contribution in [0.1, 0.15) is 92.9 Å². The van der Waals surface area contributed by atoms with Gasteiger partial charge < -0.3 is 15.2 Å². The first-order valence-corrected chi connectivity index (χ1v) is 13.3. The summed E-state index contributed by atoms with van der Waals surface area (Å²) in [5.41, 5.74) is 2.97. The molecule has 2 N–H and O–H groups in total. The number of H-pyrrole nitrogens is 1. The van der Waals surface area contributed by atoms with Crippen molar-refractivity contribution in [3.8, 4) is 0 Å². The van der Waals surface area contributed by atoms with Gasteiger partial charge >= 0.3 is 0 Å². The third-order valence-corrected chi connectivity index (χ3v) is 8.77. The zero-order valence-corrected chi connectivity index (χ0v) is 20.2. The number of nitrogens with one attached hydrogen (secondary N) is 2. The topological polar surface area (TPSA) is 99.3 Å². The molecular formula is C27H37N3O4. The Morgan fingerprint density at radius 3 is 2.65 bits per heavy atom. The van der Waals surface area contributed by atoms with E-state index in [9.17, 15) is 19.2 Å². The Bertz CT molecular complexity index is 959. The number of hydrogen-bond acceptors (Lipinski definition) is 4. The number of fused-ring (bicyclic) bond motifs is 2. The molecule has 1 aliphatic heterocycles. The van der Waals surface area contributed by atoms with Crippen molar-refractivity contribution in [2.45, 2.75) is 96.1 Å². The third-order valence-electron chi connectivity index (χ3n) is 8.77. The van der Waals surface area contributed by atoms with Crippen LogP contribution in [0, 0.1) is 17.8 Å². The largest absolute Gasteiger partial charge is 0.354 e. The SMILES string of the molecule is CCC(=O)[C@H](C[C@@H]1CCCC1=O)NC(=O)[C@@H]1[C@H]2CCC[C@H]2CN1C(=O)c1cc2c([nH]1)CCCC2. The van der Waals surface area contributed by atoms with Crippen LogP contribution in [0.3, 0.4) is 0 Å². The van der Waals surface area contributed by atoms with Gasteiger partial charge in [-0.2, -0.15) is 0 Å². The number of aromatic nitrogens is 1. The van der Waals surface area contributed by atoms with Gasteiger partial charge in [0.25, 0.3) is 5.91 Å². The molecule has 7 nitrogen and oxygen atoms in total.